The van der Waals surface area contributed by atoms with Gasteiger partial charge in [-0.1, -0.05) is 31.1 Å². The van der Waals surface area contributed by atoms with E-state index in [-0.39, 0.29) is 6.61 Å². The average molecular weight is 375 g/mol. The standard InChI is InChI=1S/C10H22OSi.C3H5FO6S/c1-4-10-8-7-9-12(5-2,6-3)11-10;1-2-8-9-3(5)10-11(4,6)7/h10H,4-9H2,1-3H3;2H2,1H3. The lowest BCUT2D eigenvalue weighted by molar-refractivity contribution is -0.244. The first-order valence-electron chi connectivity index (χ1n) is 7.87. The molecule has 1 rings (SSSR count). The largest absolute Gasteiger partial charge is 0.558 e. The average Bonchev–Trinajstić information content (AvgIpc) is 2.51. The molecule has 138 valence electrons. The minimum Gasteiger partial charge on any atom is -0.414 e. The molecule has 1 aliphatic heterocycles. The summed E-state index contributed by atoms with van der Waals surface area (Å²) in [7, 11) is -6.52. The van der Waals surface area contributed by atoms with E-state index in [1.165, 1.54) is 44.3 Å². The Kier molecular flexibility index (Phi) is 10.6. The van der Waals surface area contributed by atoms with Gasteiger partial charge >= 0.3 is 16.7 Å². The van der Waals surface area contributed by atoms with Gasteiger partial charge < -0.3 is 4.43 Å². The van der Waals surface area contributed by atoms with Crippen molar-refractivity contribution in [3.8, 4) is 0 Å². The summed E-state index contributed by atoms with van der Waals surface area (Å²) in [4.78, 5) is 17.6. The minimum atomic E-state index is -5.31. The molecule has 10 heteroatoms. The van der Waals surface area contributed by atoms with Crippen LogP contribution >= 0.6 is 0 Å². The Morgan fingerprint density at radius 1 is 1.26 bits per heavy atom. The van der Waals surface area contributed by atoms with Gasteiger partial charge in [-0.3, -0.25) is 9.07 Å². The molecule has 0 radical (unpaired) electrons. The fourth-order valence-electron chi connectivity index (χ4n) is 2.38. The summed E-state index contributed by atoms with van der Waals surface area (Å²) in [5.74, 6) is 0. The zero-order valence-corrected chi connectivity index (χ0v) is 16.0. The van der Waals surface area contributed by atoms with Crippen LogP contribution in [0, 0.1) is 0 Å². The van der Waals surface area contributed by atoms with Crippen LogP contribution in [0.4, 0.5) is 8.68 Å². The van der Waals surface area contributed by atoms with Gasteiger partial charge in [0, 0.05) is 6.10 Å². The highest BCUT2D eigenvalue weighted by atomic mass is 32.3. The van der Waals surface area contributed by atoms with Crippen LogP contribution in [0.2, 0.25) is 18.1 Å². The van der Waals surface area contributed by atoms with Crippen LogP contribution < -0.4 is 0 Å². The van der Waals surface area contributed by atoms with Crippen LogP contribution in [0.3, 0.4) is 0 Å². The predicted octanol–water partition coefficient (Wildman–Crippen LogP) is 3.87. The molecule has 0 aromatic rings. The molecule has 7 nitrogen and oxygen atoms in total. The third-order valence-electron chi connectivity index (χ3n) is 3.73. The molecule has 0 spiro atoms. The van der Waals surface area contributed by atoms with Crippen molar-refractivity contribution >= 4 is 25.0 Å². The third-order valence-corrected chi connectivity index (χ3v) is 8.74. The number of halogens is 1. The van der Waals surface area contributed by atoms with Crippen LogP contribution in [0.15, 0.2) is 0 Å². The van der Waals surface area contributed by atoms with Gasteiger partial charge in [-0.2, -0.15) is 18.1 Å². The van der Waals surface area contributed by atoms with E-state index in [0.29, 0.717) is 6.10 Å². The van der Waals surface area contributed by atoms with Crippen LogP contribution in [0.25, 0.3) is 0 Å². The SMILES string of the molecule is CCC1CCC[Si](CC)(CC)O1.CCOOC(=O)OS(=O)(=O)F. The van der Waals surface area contributed by atoms with Crippen molar-refractivity contribution in [1.82, 2.24) is 0 Å². The normalized spacial score (nSPS) is 20.1. The summed E-state index contributed by atoms with van der Waals surface area (Å²) in [6.07, 6.45) is 2.78. The highest BCUT2D eigenvalue weighted by Crippen LogP contribution is 2.32. The second kappa shape index (κ2) is 10.9. The molecule has 0 aliphatic carbocycles. The molecule has 0 aromatic carbocycles. The van der Waals surface area contributed by atoms with E-state index < -0.39 is 25.0 Å². The molecule has 0 saturated carbocycles. The molecule has 0 aromatic heterocycles. The predicted molar refractivity (Wildman–Crippen MR) is 85.1 cm³/mol. The zero-order chi connectivity index (χ0) is 17.9. The van der Waals surface area contributed by atoms with Gasteiger partial charge in [0.15, 0.2) is 8.32 Å². The van der Waals surface area contributed by atoms with E-state index in [1.807, 2.05) is 0 Å². The Labute approximate surface area is 138 Å². The minimum absolute atomic E-state index is 0.00142. The van der Waals surface area contributed by atoms with Crippen molar-refractivity contribution in [2.24, 2.45) is 0 Å². The molecule has 1 unspecified atom stereocenters. The number of carbonyl (C=O) groups is 1. The summed E-state index contributed by atoms with van der Waals surface area (Å²) < 4.78 is 39.9. The van der Waals surface area contributed by atoms with Crippen molar-refractivity contribution < 1.29 is 35.5 Å². The number of carbonyl (C=O) groups excluding carboxylic acids is 1. The van der Waals surface area contributed by atoms with E-state index in [1.54, 1.807) is 0 Å². The first-order valence-corrected chi connectivity index (χ1v) is 11.7. The number of hydrogen-bond acceptors (Lipinski definition) is 7. The fourth-order valence-corrected chi connectivity index (χ4v) is 6.07. The van der Waals surface area contributed by atoms with E-state index >= 15 is 0 Å². The molecule has 0 N–H and O–H groups in total. The fraction of sp³-hybridized carbons (Fsp3) is 0.923. The van der Waals surface area contributed by atoms with Gasteiger partial charge in [0.1, 0.15) is 0 Å². The Morgan fingerprint density at radius 2 is 1.87 bits per heavy atom. The first-order chi connectivity index (χ1) is 10.7. The Bertz CT molecular complexity index is 440. The summed E-state index contributed by atoms with van der Waals surface area (Å²) in [5, 5.41) is 0. The summed E-state index contributed by atoms with van der Waals surface area (Å²) >= 11 is 0. The first kappa shape index (κ1) is 22.3. The number of rotatable bonds is 6. The van der Waals surface area contributed by atoms with Crippen LogP contribution in [-0.2, 0) is 28.9 Å². The van der Waals surface area contributed by atoms with Crippen LogP contribution in [0.1, 0.15) is 47.0 Å². The topological polar surface area (TPSA) is 88.1 Å². The maximum Gasteiger partial charge on any atom is 0.558 e. The molecule has 1 saturated heterocycles. The van der Waals surface area contributed by atoms with Gasteiger partial charge in [0.25, 0.3) is 0 Å². The van der Waals surface area contributed by atoms with Crippen LogP contribution in [0.5, 0.6) is 0 Å². The highest BCUT2D eigenvalue weighted by molar-refractivity contribution is 7.81. The second-order valence-electron chi connectivity index (χ2n) is 5.15. The van der Waals surface area contributed by atoms with Gasteiger partial charge in [-0.05, 0) is 37.9 Å². The van der Waals surface area contributed by atoms with Gasteiger partial charge in [0.2, 0.25) is 0 Å². The van der Waals surface area contributed by atoms with E-state index in [0.717, 1.165) is 0 Å². The zero-order valence-electron chi connectivity index (χ0n) is 14.2. The van der Waals surface area contributed by atoms with Crippen molar-refractivity contribution in [2.45, 2.75) is 71.2 Å². The van der Waals surface area contributed by atoms with Crippen molar-refractivity contribution in [1.29, 1.82) is 0 Å². The lowest BCUT2D eigenvalue weighted by Gasteiger charge is -2.38. The highest BCUT2D eigenvalue weighted by Gasteiger charge is 2.36. The maximum absolute atomic E-state index is 11.5. The summed E-state index contributed by atoms with van der Waals surface area (Å²) in [5.41, 5.74) is 0. The van der Waals surface area contributed by atoms with Gasteiger partial charge in [0.05, 0.1) is 6.61 Å². The smallest absolute Gasteiger partial charge is 0.414 e. The maximum atomic E-state index is 11.5. The Morgan fingerprint density at radius 3 is 2.30 bits per heavy atom. The molecular weight excluding hydrogens is 347 g/mol. The summed E-state index contributed by atoms with van der Waals surface area (Å²) in [6.45, 7) is 8.35. The Balaban J connectivity index is 0.000000423. The third kappa shape index (κ3) is 9.90. The van der Waals surface area contributed by atoms with E-state index in [4.69, 9.17) is 4.43 Å². The molecule has 0 amide bonds. The molecule has 1 aliphatic rings. The lowest BCUT2D eigenvalue weighted by Crippen LogP contribution is -2.43. The van der Waals surface area contributed by atoms with Crippen molar-refractivity contribution in [2.75, 3.05) is 6.61 Å². The summed E-state index contributed by atoms with van der Waals surface area (Å²) in [6, 6.07) is 4.05. The number of hydrogen-bond donors (Lipinski definition) is 0. The van der Waals surface area contributed by atoms with Crippen molar-refractivity contribution in [3.63, 3.8) is 0 Å². The van der Waals surface area contributed by atoms with E-state index in [9.17, 15) is 17.1 Å². The molecule has 1 heterocycles. The quantitative estimate of drug-likeness (QED) is 0.302. The molecular formula is C13H27FO7SSi. The molecule has 1 fully saturated rings. The molecule has 0 bridgehead atoms. The monoisotopic (exact) mass is 374 g/mol. The molecule has 1 atom stereocenters. The lowest BCUT2D eigenvalue weighted by atomic mass is 10.2. The van der Waals surface area contributed by atoms with Crippen molar-refractivity contribution in [3.05, 3.63) is 0 Å². The molecule has 23 heavy (non-hydrogen) atoms. The van der Waals surface area contributed by atoms with Gasteiger partial charge in [-0.25, -0.2) is 0 Å². The second-order valence-corrected chi connectivity index (χ2v) is 10.6. The van der Waals surface area contributed by atoms with Gasteiger partial charge in [-0.15, -0.1) is 0 Å². The van der Waals surface area contributed by atoms with E-state index in [2.05, 4.69) is 34.7 Å². The Hall–Kier alpha value is -0.713. The van der Waals surface area contributed by atoms with Crippen LogP contribution in [-0.4, -0.2) is 35.6 Å².